The summed E-state index contributed by atoms with van der Waals surface area (Å²) >= 11 is 0. The topological polar surface area (TPSA) is 12.9 Å². The quantitative estimate of drug-likeness (QED) is 0.717. The van der Waals surface area contributed by atoms with Crippen molar-refractivity contribution in [1.29, 1.82) is 0 Å². The Labute approximate surface area is 93.9 Å². The summed E-state index contributed by atoms with van der Waals surface area (Å²) in [7, 11) is 0. The molecule has 0 aliphatic heterocycles. The van der Waals surface area contributed by atoms with Gasteiger partial charge in [0.1, 0.15) is 0 Å². The molecule has 1 unspecified atom stereocenters. The maximum absolute atomic E-state index is 4.45. The second-order valence-electron chi connectivity index (χ2n) is 5.41. The van der Waals surface area contributed by atoms with E-state index in [0.717, 1.165) is 0 Å². The second-order valence-corrected chi connectivity index (χ2v) is 5.41. The van der Waals surface area contributed by atoms with Crippen LogP contribution in [0.25, 0.3) is 0 Å². The first-order valence-corrected chi connectivity index (χ1v) is 5.91. The van der Waals surface area contributed by atoms with E-state index in [-0.39, 0.29) is 5.41 Å². The maximum atomic E-state index is 4.45. The largest absolute Gasteiger partial charge is 0.261 e. The minimum Gasteiger partial charge on any atom is -0.261 e. The molecule has 1 aromatic heterocycles. The number of aromatic nitrogens is 1. The molecule has 1 rings (SSSR count). The van der Waals surface area contributed by atoms with Gasteiger partial charge in [0.15, 0.2) is 0 Å². The summed E-state index contributed by atoms with van der Waals surface area (Å²) in [4.78, 5) is 4.45. The van der Waals surface area contributed by atoms with Gasteiger partial charge in [0, 0.05) is 17.3 Å². The van der Waals surface area contributed by atoms with Crippen LogP contribution in [0.2, 0.25) is 0 Å². The summed E-state index contributed by atoms with van der Waals surface area (Å²) in [6.45, 7) is 11.2. The lowest BCUT2D eigenvalue weighted by Crippen LogP contribution is -2.14. The molecule has 1 aromatic rings. The Hall–Kier alpha value is -0.850. The molecule has 0 spiro atoms. The standard InChI is InChI=1S/C14H23N/c1-6-7-11(2)12-8-9-15-13(10-12)14(3,4)5/h8-11H,6-7H2,1-5H3. The minimum absolute atomic E-state index is 0.155. The second kappa shape index (κ2) is 4.78. The lowest BCUT2D eigenvalue weighted by atomic mass is 9.88. The van der Waals surface area contributed by atoms with Crippen LogP contribution >= 0.6 is 0 Å². The fourth-order valence-electron chi connectivity index (χ4n) is 1.76. The van der Waals surface area contributed by atoms with Crippen LogP contribution in [0.1, 0.15) is 64.6 Å². The van der Waals surface area contributed by atoms with Crippen molar-refractivity contribution in [3.05, 3.63) is 29.6 Å². The van der Waals surface area contributed by atoms with Gasteiger partial charge in [-0.1, -0.05) is 41.0 Å². The Morgan fingerprint density at radius 3 is 2.53 bits per heavy atom. The first-order chi connectivity index (χ1) is 6.95. The summed E-state index contributed by atoms with van der Waals surface area (Å²) < 4.78 is 0. The highest BCUT2D eigenvalue weighted by molar-refractivity contribution is 5.24. The Bertz CT molecular complexity index is 309. The van der Waals surface area contributed by atoms with E-state index in [1.807, 2.05) is 6.20 Å². The van der Waals surface area contributed by atoms with Crippen molar-refractivity contribution in [3.63, 3.8) is 0 Å². The number of hydrogen-bond acceptors (Lipinski definition) is 1. The molecule has 0 N–H and O–H groups in total. The molecule has 0 saturated heterocycles. The van der Waals surface area contributed by atoms with Crippen molar-refractivity contribution >= 4 is 0 Å². The van der Waals surface area contributed by atoms with E-state index in [0.29, 0.717) is 5.92 Å². The van der Waals surface area contributed by atoms with E-state index in [9.17, 15) is 0 Å². The number of rotatable bonds is 3. The van der Waals surface area contributed by atoms with Gasteiger partial charge in [-0.3, -0.25) is 4.98 Å². The third-order valence-corrected chi connectivity index (χ3v) is 2.84. The highest BCUT2D eigenvalue weighted by Gasteiger charge is 2.16. The third-order valence-electron chi connectivity index (χ3n) is 2.84. The highest BCUT2D eigenvalue weighted by atomic mass is 14.7. The van der Waals surface area contributed by atoms with Gasteiger partial charge in [-0.25, -0.2) is 0 Å². The van der Waals surface area contributed by atoms with Crippen molar-refractivity contribution in [2.75, 3.05) is 0 Å². The molecule has 15 heavy (non-hydrogen) atoms. The van der Waals surface area contributed by atoms with E-state index >= 15 is 0 Å². The van der Waals surface area contributed by atoms with Crippen LogP contribution in [0.15, 0.2) is 18.3 Å². The summed E-state index contributed by atoms with van der Waals surface area (Å²) in [5.41, 5.74) is 2.78. The summed E-state index contributed by atoms with van der Waals surface area (Å²) in [6.07, 6.45) is 4.45. The predicted molar refractivity (Wildman–Crippen MR) is 66.3 cm³/mol. The van der Waals surface area contributed by atoms with Gasteiger partial charge in [0.2, 0.25) is 0 Å². The minimum atomic E-state index is 0.155. The lowest BCUT2D eigenvalue weighted by Gasteiger charge is -2.20. The van der Waals surface area contributed by atoms with Crippen LogP contribution in [-0.2, 0) is 5.41 Å². The molecule has 0 aromatic carbocycles. The Kier molecular flexibility index (Phi) is 3.90. The SMILES string of the molecule is CCCC(C)c1ccnc(C(C)(C)C)c1. The van der Waals surface area contributed by atoms with Crippen LogP contribution < -0.4 is 0 Å². The van der Waals surface area contributed by atoms with Gasteiger partial charge in [0.25, 0.3) is 0 Å². The summed E-state index contributed by atoms with van der Waals surface area (Å²) in [6, 6.07) is 4.41. The van der Waals surface area contributed by atoms with Crippen molar-refractivity contribution in [3.8, 4) is 0 Å². The van der Waals surface area contributed by atoms with Crippen LogP contribution in [0.5, 0.6) is 0 Å². The Morgan fingerprint density at radius 2 is 2.00 bits per heavy atom. The molecule has 1 heterocycles. The van der Waals surface area contributed by atoms with E-state index in [1.165, 1.54) is 24.1 Å². The van der Waals surface area contributed by atoms with Crippen LogP contribution in [0.3, 0.4) is 0 Å². The molecule has 1 heteroatoms. The normalized spacial score (nSPS) is 13.9. The van der Waals surface area contributed by atoms with E-state index in [2.05, 4.69) is 51.7 Å². The zero-order valence-corrected chi connectivity index (χ0v) is 10.7. The Morgan fingerprint density at radius 1 is 1.33 bits per heavy atom. The van der Waals surface area contributed by atoms with Crippen molar-refractivity contribution in [2.24, 2.45) is 0 Å². The van der Waals surface area contributed by atoms with Crippen LogP contribution in [0.4, 0.5) is 0 Å². The molecule has 0 radical (unpaired) electrons. The summed E-state index contributed by atoms with van der Waals surface area (Å²) in [5.74, 6) is 0.652. The molecular weight excluding hydrogens is 182 g/mol. The van der Waals surface area contributed by atoms with E-state index in [4.69, 9.17) is 0 Å². The average Bonchev–Trinajstić information content (AvgIpc) is 2.17. The number of pyridine rings is 1. The fourth-order valence-corrected chi connectivity index (χ4v) is 1.76. The van der Waals surface area contributed by atoms with Crippen molar-refractivity contribution < 1.29 is 0 Å². The maximum Gasteiger partial charge on any atom is 0.0459 e. The van der Waals surface area contributed by atoms with E-state index in [1.54, 1.807) is 0 Å². The first-order valence-electron chi connectivity index (χ1n) is 5.91. The Balaban J connectivity index is 2.92. The highest BCUT2D eigenvalue weighted by Crippen LogP contribution is 2.25. The van der Waals surface area contributed by atoms with Gasteiger partial charge in [-0.2, -0.15) is 0 Å². The molecule has 0 fully saturated rings. The molecule has 1 nitrogen and oxygen atoms in total. The monoisotopic (exact) mass is 205 g/mol. The summed E-state index contributed by atoms with van der Waals surface area (Å²) in [5, 5.41) is 0. The van der Waals surface area contributed by atoms with Gasteiger partial charge >= 0.3 is 0 Å². The first kappa shape index (κ1) is 12.2. The molecule has 84 valence electrons. The molecule has 0 bridgehead atoms. The fraction of sp³-hybridized carbons (Fsp3) is 0.643. The zero-order valence-electron chi connectivity index (χ0n) is 10.7. The molecule has 0 aliphatic rings. The third kappa shape index (κ3) is 3.33. The predicted octanol–water partition coefficient (Wildman–Crippen LogP) is 4.28. The lowest BCUT2D eigenvalue weighted by molar-refractivity contribution is 0.564. The van der Waals surface area contributed by atoms with Gasteiger partial charge < -0.3 is 0 Å². The van der Waals surface area contributed by atoms with Crippen LogP contribution in [-0.4, -0.2) is 4.98 Å². The smallest absolute Gasteiger partial charge is 0.0459 e. The molecular formula is C14H23N. The van der Waals surface area contributed by atoms with Gasteiger partial charge in [0.05, 0.1) is 0 Å². The van der Waals surface area contributed by atoms with Gasteiger partial charge in [-0.05, 0) is 30.0 Å². The van der Waals surface area contributed by atoms with Crippen LogP contribution in [0, 0.1) is 0 Å². The van der Waals surface area contributed by atoms with Gasteiger partial charge in [-0.15, -0.1) is 0 Å². The van der Waals surface area contributed by atoms with Crippen molar-refractivity contribution in [1.82, 2.24) is 4.98 Å². The van der Waals surface area contributed by atoms with E-state index < -0.39 is 0 Å². The van der Waals surface area contributed by atoms with Crippen molar-refractivity contribution in [2.45, 2.75) is 58.8 Å². The number of hydrogen-bond donors (Lipinski definition) is 0. The molecule has 0 amide bonds. The zero-order chi connectivity index (χ0) is 11.5. The molecule has 0 aliphatic carbocycles. The molecule has 0 saturated carbocycles. The number of nitrogens with zero attached hydrogens (tertiary/aromatic N) is 1. The molecule has 1 atom stereocenters. The average molecular weight is 205 g/mol.